The molecule has 0 fully saturated rings. The first kappa shape index (κ1) is 14.6. The van der Waals surface area contributed by atoms with Crippen LogP contribution in [0.5, 0.6) is 12.0 Å². The van der Waals surface area contributed by atoms with Crippen molar-refractivity contribution >= 4 is 23.1 Å². The van der Waals surface area contributed by atoms with E-state index in [0.29, 0.717) is 6.61 Å². The van der Waals surface area contributed by atoms with Gasteiger partial charge in [0.15, 0.2) is 17.0 Å². The Morgan fingerprint density at radius 3 is 2.81 bits per heavy atom. The number of nitrogen functional groups attached to an aromatic ring is 1. The van der Waals surface area contributed by atoms with E-state index in [2.05, 4.69) is 20.3 Å². The topological polar surface area (TPSA) is 158 Å². The van der Waals surface area contributed by atoms with Gasteiger partial charge in [0.05, 0.1) is 6.61 Å². The lowest BCUT2D eigenvalue weighted by Crippen LogP contribution is -2.24. The molecule has 2 aromatic rings. The number of hydrogen-bond acceptors (Lipinski definition) is 8. The van der Waals surface area contributed by atoms with Crippen LogP contribution in [0.3, 0.4) is 0 Å². The Morgan fingerprint density at radius 2 is 2.14 bits per heavy atom. The monoisotopic (exact) mass is 298 g/mol. The van der Waals surface area contributed by atoms with Crippen LogP contribution >= 0.6 is 0 Å². The molecule has 2 aromatic heterocycles. The molecule has 0 radical (unpaired) electrons. The minimum Gasteiger partial charge on any atom is -0.480 e. The Kier molecular flexibility index (Phi) is 4.23. The standard InChI is InChI=1S/C10H14N6O5/c1-20-2-3-21-8-14-6(11)5-7(15-8)16(9(17)13-5)4-12-10(18)19/h12H,2-4H2,1H3,(H,13,17)(H,18,19)(H2,11,14,15). The molecule has 114 valence electrons. The van der Waals surface area contributed by atoms with Gasteiger partial charge in [-0.2, -0.15) is 15.0 Å². The van der Waals surface area contributed by atoms with Crippen LogP contribution in [0.4, 0.5) is 10.6 Å². The normalized spacial score (nSPS) is 10.7. The van der Waals surface area contributed by atoms with Crippen LogP contribution in [-0.2, 0) is 11.4 Å². The molecule has 0 aliphatic carbocycles. The Morgan fingerprint density at radius 1 is 1.38 bits per heavy atom. The van der Waals surface area contributed by atoms with E-state index in [1.807, 2.05) is 0 Å². The molecule has 0 unspecified atom stereocenters. The van der Waals surface area contributed by atoms with E-state index >= 15 is 0 Å². The number of aromatic hydroxyl groups is 1. The van der Waals surface area contributed by atoms with Crippen molar-refractivity contribution in [2.75, 3.05) is 26.1 Å². The summed E-state index contributed by atoms with van der Waals surface area (Å²) in [4.78, 5) is 22.2. The van der Waals surface area contributed by atoms with Gasteiger partial charge in [0.25, 0.3) is 6.01 Å². The maximum Gasteiger partial charge on any atom is 0.406 e. The SMILES string of the molecule is COCCOc1nc(N)c2nc(O)n(CNC(=O)O)c2n1. The van der Waals surface area contributed by atoms with Crippen molar-refractivity contribution in [3.63, 3.8) is 0 Å². The van der Waals surface area contributed by atoms with E-state index in [1.54, 1.807) is 0 Å². The third kappa shape index (κ3) is 3.20. The van der Waals surface area contributed by atoms with Gasteiger partial charge in [0.2, 0.25) is 0 Å². The first-order chi connectivity index (χ1) is 10.0. The Bertz CT molecular complexity index is 657. The number of nitrogens with two attached hydrogens (primary N) is 1. The van der Waals surface area contributed by atoms with Gasteiger partial charge < -0.3 is 30.7 Å². The molecule has 11 nitrogen and oxygen atoms in total. The summed E-state index contributed by atoms with van der Waals surface area (Å²) in [5.41, 5.74) is 6.02. The zero-order chi connectivity index (χ0) is 15.4. The van der Waals surface area contributed by atoms with Crippen LogP contribution in [0.2, 0.25) is 0 Å². The zero-order valence-corrected chi connectivity index (χ0v) is 11.1. The van der Waals surface area contributed by atoms with E-state index < -0.39 is 12.1 Å². The average molecular weight is 298 g/mol. The molecule has 5 N–H and O–H groups in total. The van der Waals surface area contributed by atoms with Gasteiger partial charge in [-0.3, -0.25) is 4.57 Å². The molecule has 0 aromatic carbocycles. The van der Waals surface area contributed by atoms with Crippen molar-refractivity contribution in [2.24, 2.45) is 0 Å². The molecular formula is C10H14N6O5. The van der Waals surface area contributed by atoms with Gasteiger partial charge in [-0.05, 0) is 0 Å². The van der Waals surface area contributed by atoms with Gasteiger partial charge in [-0.25, -0.2) is 4.79 Å². The molecular weight excluding hydrogens is 284 g/mol. The first-order valence-corrected chi connectivity index (χ1v) is 5.84. The third-order valence-electron chi connectivity index (χ3n) is 2.49. The number of rotatable bonds is 6. The van der Waals surface area contributed by atoms with Crippen molar-refractivity contribution < 1.29 is 24.5 Å². The summed E-state index contributed by atoms with van der Waals surface area (Å²) in [6.07, 6.45) is -1.25. The fourth-order valence-electron chi connectivity index (χ4n) is 1.56. The quantitative estimate of drug-likeness (QED) is 0.509. The number of aromatic nitrogens is 4. The predicted octanol–water partition coefficient (Wildman–Crippen LogP) is -0.636. The zero-order valence-electron chi connectivity index (χ0n) is 11.1. The molecule has 1 amide bonds. The maximum atomic E-state index is 10.5. The summed E-state index contributed by atoms with van der Waals surface area (Å²) in [5.74, 6) is 0.0109. The Hall–Kier alpha value is -2.82. The van der Waals surface area contributed by atoms with E-state index in [4.69, 9.17) is 20.3 Å². The highest BCUT2D eigenvalue weighted by Crippen LogP contribution is 2.24. The Labute approximate surface area is 118 Å². The minimum atomic E-state index is -1.25. The highest BCUT2D eigenvalue weighted by Gasteiger charge is 2.17. The molecule has 0 bridgehead atoms. The number of hydrogen-bond donors (Lipinski definition) is 4. The Balaban J connectivity index is 2.34. The van der Waals surface area contributed by atoms with E-state index in [0.717, 1.165) is 4.57 Å². The maximum absolute atomic E-state index is 10.5. The van der Waals surface area contributed by atoms with Crippen LogP contribution in [0.25, 0.3) is 11.2 Å². The fourth-order valence-corrected chi connectivity index (χ4v) is 1.56. The molecule has 0 aliphatic heterocycles. The summed E-state index contributed by atoms with van der Waals surface area (Å²) >= 11 is 0. The van der Waals surface area contributed by atoms with Crippen LogP contribution in [0.15, 0.2) is 0 Å². The summed E-state index contributed by atoms with van der Waals surface area (Å²) in [5, 5.41) is 20.4. The molecule has 0 saturated carbocycles. The number of methoxy groups -OCH3 is 1. The number of anilines is 1. The van der Waals surface area contributed by atoms with Crippen molar-refractivity contribution in [1.29, 1.82) is 0 Å². The lowest BCUT2D eigenvalue weighted by Gasteiger charge is -2.07. The molecule has 0 atom stereocenters. The summed E-state index contributed by atoms with van der Waals surface area (Å²) in [7, 11) is 1.52. The molecule has 0 saturated heterocycles. The molecule has 0 aliphatic rings. The number of carboxylic acid groups (broad SMARTS) is 1. The fraction of sp³-hybridized carbons (Fsp3) is 0.400. The third-order valence-corrected chi connectivity index (χ3v) is 2.49. The van der Waals surface area contributed by atoms with Gasteiger partial charge in [0, 0.05) is 7.11 Å². The second-order valence-corrected chi connectivity index (χ2v) is 3.88. The summed E-state index contributed by atoms with van der Waals surface area (Å²) < 4.78 is 11.2. The average Bonchev–Trinajstić information content (AvgIpc) is 2.73. The number of amides is 1. The lowest BCUT2D eigenvalue weighted by molar-refractivity contribution is 0.141. The molecule has 21 heavy (non-hydrogen) atoms. The van der Waals surface area contributed by atoms with Crippen molar-refractivity contribution in [3.8, 4) is 12.0 Å². The molecule has 11 heteroatoms. The highest BCUT2D eigenvalue weighted by atomic mass is 16.5. The van der Waals surface area contributed by atoms with Crippen molar-refractivity contribution in [2.45, 2.75) is 6.67 Å². The summed E-state index contributed by atoms with van der Waals surface area (Å²) in [6.45, 7) is 0.312. The van der Waals surface area contributed by atoms with Crippen LogP contribution in [-0.4, -0.2) is 56.1 Å². The summed E-state index contributed by atoms with van der Waals surface area (Å²) in [6, 6.07) is -0.456. The number of nitrogens with one attached hydrogen (secondary N) is 1. The van der Waals surface area contributed by atoms with Gasteiger partial charge >= 0.3 is 12.1 Å². The minimum absolute atomic E-state index is 0.0109. The van der Waals surface area contributed by atoms with Crippen molar-refractivity contribution in [3.05, 3.63) is 0 Å². The molecule has 0 spiro atoms. The number of carbonyl (C=O) groups is 1. The van der Waals surface area contributed by atoms with Gasteiger partial charge in [0.1, 0.15) is 13.3 Å². The smallest absolute Gasteiger partial charge is 0.406 e. The number of nitrogens with zero attached hydrogens (tertiary/aromatic N) is 4. The first-order valence-electron chi connectivity index (χ1n) is 5.84. The van der Waals surface area contributed by atoms with E-state index in [-0.39, 0.29) is 36.3 Å². The highest BCUT2D eigenvalue weighted by molar-refractivity contribution is 5.83. The molecule has 2 heterocycles. The number of fused-ring (bicyclic) bond motifs is 1. The second-order valence-electron chi connectivity index (χ2n) is 3.88. The van der Waals surface area contributed by atoms with Crippen molar-refractivity contribution in [1.82, 2.24) is 24.8 Å². The van der Waals surface area contributed by atoms with Gasteiger partial charge in [-0.15, -0.1) is 0 Å². The van der Waals surface area contributed by atoms with E-state index in [1.165, 1.54) is 7.11 Å². The lowest BCUT2D eigenvalue weighted by atomic mass is 10.5. The molecule has 2 rings (SSSR count). The van der Waals surface area contributed by atoms with Crippen LogP contribution < -0.4 is 15.8 Å². The largest absolute Gasteiger partial charge is 0.480 e. The second kappa shape index (κ2) is 6.09. The number of ether oxygens (including phenoxy) is 2. The van der Waals surface area contributed by atoms with Crippen LogP contribution in [0, 0.1) is 0 Å². The van der Waals surface area contributed by atoms with E-state index in [9.17, 15) is 9.90 Å². The van der Waals surface area contributed by atoms with Gasteiger partial charge in [-0.1, -0.05) is 0 Å². The predicted molar refractivity (Wildman–Crippen MR) is 69.9 cm³/mol. The number of imidazole rings is 1. The van der Waals surface area contributed by atoms with Crippen LogP contribution in [0.1, 0.15) is 0 Å².